The van der Waals surface area contributed by atoms with E-state index in [0.29, 0.717) is 5.25 Å². The summed E-state index contributed by atoms with van der Waals surface area (Å²) in [6.45, 7) is 12.4. The molecule has 0 aromatic heterocycles. The lowest BCUT2D eigenvalue weighted by Gasteiger charge is -2.28. The second-order valence-electron chi connectivity index (χ2n) is 6.89. The lowest BCUT2D eigenvalue weighted by molar-refractivity contribution is -0.158. The van der Waals surface area contributed by atoms with E-state index in [0.717, 1.165) is 6.42 Å². The lowest BCUT2D eigenvalue weighted by Crippen LogP contribution is -2.32. The summed E-state index contributed by atoms with van der Waals surface area (Å²) in [7, 11) is 0. The van der Waals surface area contributed by atoms with E-state index in [4.69, 9.17) is 4.74 Å². The average molecular weight is 258 g/mol. The Balaban J connectivity index is 2.56. The number of hydrogen-bond acceptors (Lipinski definition) is 3. The van der Waals surface area contributed by atoms with Gasteiger partial charge in [0.1, 0.15) is 6.10 Å². The van der Waals surface area contributed by atoms with Crippen molar-refractivity contribution >= 4 is 17.7 Å². The molecule has 100 valence electrons. The van der Waals surface area contributed by atoms with Crippen molar-refractivity contribution < 1.29 is 9.53 Å². The summed E-state index contributed by atoms with van der Waals surface area (Å²) in [5.41, 5.74) is -0.389. The molecule has 0 heterocycles. The molecule has 0 aliphatic heterocycles. The number of esters is 1. The van der Waals surface area contributed by atoms with Crippen LogP contribution < -0.4 is 0 Å². The summed E-state index contributed by atoms with van der Waals surface area (Å²) >= 11 is 1.95. The van der Waals surface area contributed by atoms with E-state index in [9.17, 15) is 4.79 Å². The molecule has 1 aliphatic carbocycles. The first-order valence-electron chi connectivity index (χ1n) is 6.48. The van der Waals surface area contributed by atoms with E-state index in [-0.39, 0.29) is 22.2 Å². The fourth-order valence-electron chi connectivity index (χ4n) is 1.93. The maximum Gasteiger partial charge on any atom is 0.311 e. The minimum Gasteiger partial charge on any atom is -0.461 e. The number of carbonyl (C=O) groups excluding carboxylic acids is 1. The van der Waals surface area contributed by atoms with Crippen LogP contribution >= 0.6 is 11.8 Å². The van der Waals surface area contributed by atoms with Gasteiger partial charge in [0.15, 0.2) is 0 Å². The Morgan fingerprint density at radius 3 is 2.18 bits per heavy atom. The average Bonchev–Trinajstić information content (AvgIpc) is 2.48. The zero-order chi connectivity index (χ0) is 13.3. The molecule has 17 heavy (non-hydrogen) atoms. The van der Waals surface area contributed by atoms with Crippen LogP contribution in [0.4, 0.5) is 0 Å². The number of hydrogen-bond donors (Lipinski definition) is 0. The van der Waals surface area contributed by atoms with E-state index < -0.39 is 0 Å². The molecule has 0 N–H and O–H groups in total. The minimum absolute atomic E-state index is 0.0658. The van der Waals surface area contributed by atoms with Gasteiger partial charge in [0.25, 0.3) is 0 Å². The van der Waals surface area contributed by atoms with Gasteiger partial charge in [0.2, 0.25) is 0 Å². The Labute approximate surface area is 110 Å². The zero-order valence-electron chi connectivity index (χ0n) is 12.0. The first kappa shape index (κ1) is 14.9. The summed E-state index contributed by atoms with van der Waals surface area (Å²) < 4.78 is 5.91. The predicted molar refractivity (Wildman–Crippen MR) is 74.3 cm³/mol. The molecule has 2 atom stereocenters. The topological polar surface area (TPSA) is 26.3 Å². The normalized spacial score (nSPS) is 26.0. The van der Waals surface area contributed by atoms with Crippen molar-refractivity contribution in [2.75, 3.05) is 0 Å². The second kappa shape index (κ2) is 5.21. The largest absolute Gasteiger partial charge is 0.461 e. The van der Waals surface area contributed by atoms with Gasteiger partial charge in [-0.15, -0.1) is 11.8 Å². The van der Waals surface area contributed by atoms with Gasteiger partial charge in [-0.05, 0) is 40.0 Å². The van der Waals surface area contributed by atoms with Crippen molar-refractivity contribution in [2.24, 2.45) is 5.41 Å². The molecule has 0 amide bonds. The first-order chi connectivity index (χ1) is 7.59. The highest BCUT2D eigenvalue weighted by atomic mass is 32.2. The summed E-state index contributed by atoms with van der Waals surface area (Å²) in [6, 6.07) is 0. The maximum absolute atomic E-state index is 11.9. The third-order valence-corrected chi connectivity index (χ3v) is 4.32. The van der Waals surface area contributed by atoms with E-state index >= 15 is 0 Å². The van der Waals surface area contributed by atoms with Gasteiger partial charge in [0.05, 0.1) is 5.41 Å². The number of rotatable bonds is 2. The molecular weight excluding hydrogens is 232 g/mol. The Bertz CT molecular complexity index is 273. The van der Waals surface area contributed by atoms with Crippen LogP contribution in [0.2, 0.25) is 0 Å². The monoisotopic (exact) mass is 258 g/mol. The van der Waals surface area contributed by atoms with Crippen molar-refractivity contribution in [3.8, 4) is 0 Å². The van der Waals surface area contributed by atoms with Crippen LogP contribution in [0.15, 0.2) is 0 Å². The fourth-order valence-corrected chi connectivity index (χ4v) is 3.47. The van der Waals surface area contributed by atoms with E-state index in [2.05, 4.69) is 20.8 Å². The predicted octanol–water partition coefficient (Wildman–Crippen LogP) is 4.03. The van der Waals surface area contributed by atoms with Crippen molar-refractivity contribution in [1.82, 2.24) is 0 Å². The molecule has 0 bridgehead atoms. The van der Waals surface area contributed by atoms with Crippen LogP contribution in [0.1, 0.15) is 60.8 Å². The van der Waals surface area contributed by atoms with Gasteiger partial charge in [-0.25, -0.2) is 0 Å². The van der Waals surface area contributed by atoms with E-state index in [1.165, 1.54) is 12.8 Å². The van der Waals surface area contributed by atoms with Gasteiger partial charge < -0.3 is 4.74 Å². The Morgan fingerprint density at radius 1 is 1.12 bits per heavy atom. The highest BCUT2D eigenvalue weighted by Crippen LogP contribution is 2.39. The van der Waals surface area contributed by atoms with Gasteiger partial charge in [-0.1, -0.05) is 20.8 Å². The Hall–Kier alpha value is -0.180. The lowest BCUT2D eigenvalue weighted by atomic mass is 9.97. The smallest absolute Gasteiger partial charge is 0.311 e. The van der Waals surface area contributed by atoms with Crippen LogP contribution in [0.5, 0.6) is 0 Å². The van der Waals surface area contributed by atoms with Crippen LogP contribution in [0, 0.1) is 5.41 Å². The highest BCUT2D eigenvalue weighted by molar-refractivity contribution is 8.01. The van der Waals surface area contributed by atoms with Crippen molar-refractivity contribution in [2.45, 2.75) is 76.9 Å². The number of carbonyl (C=O) groups is 1. The standard InChI is InChI=1S/C14H26O2S/c1-13(2,3)12(15)16-10-8-7-9-11(10)17-14(4,5)6/h10-11H,7-9H2,1-6H3. The maximum atomic E-state index is 11.9. The molecule has 3 heteroatoms. The SMILES string of the molecule is CC(C)(C)SC1CCCC1OC(=O)C(C)(C)C. The first-order valence-corrected chi connectivity index (χ1v) is 7.36. The summed E-state index contributed by atoms with van der Waals surface area (Å²) in [6.07, 6.45) is 3.49. The molecule has 0 spiro atoms. The van der Waals surface area contributed by atoms with E-state index in [1.807, 2.05) is 32.5 Å². The van der Waals surface area contributed by atoms with Crippen LogP contribution in [0.3, 0.4) is 0 Å². The molecule has 1 aliphatic rings. The quantitative estimate of drug-likeness (QED) is 0.700. The highest BCUT2D eigenvalue weighted by Gasteiger charge is 2.36. The molecule has 0 radical (unpaired) electrons. The molecular formula is C14H26O2S. The molecule has 0 saturated heterocycles. The minimum atomic E-state index is -0.389. The van der Waals surface area contributed by atoms with Crippen LogP contribution in [0.25, 0.3) is 0 Å². The van der Waals surface area contributed by atoms with E-state index in [1.54, 1.807) is 0 Å². The third-order valence-electron chi connectivity index (χ3n) is 2.77. The van der Waals surface area contributed by atoms with Crippen LogP contribution in [-0.2, 0) is 9.53 Å². The van der Waals surface area contributed by atoms with Gasteiger partial charge in [-0.2, -0.15) is 0 Å². The Morgan fingerprint density at radius 2 is 1.71 bits per heavy atom. The summed E-state index contributed by atoms with van der Waals surface area (Å²) in [5, 5.41) is 0.473. The van der Waals surface area contributed by atoms with Crippen molar-refractivity contribution in [1.29, 1.82) is 0 Å². The molecule has 1 saturated carbocycles. The molecule has 1 rings (SSSR count). The second-order valence-corrected chi connectivity index (χ2v) is 8.96. The van der Waals surface area contributed by atoms with Gasteiger partial charge in [0, 0.05) is 10.00 Å². The molecule has 1 fully saturated rings. The van der Waals surface area contributed by atoms with Gasteiger partial charge in [-0.3, -0.25) is 4.79 Å². The third kappa shape index (κ3) is 4.90. The summed E-state index contributed by atoms with van der Waals surface area (Å²) in [4.78, 5) is 11.9. The number of ether oxygens (including phenoxy) is 1. The molecule has 2 nitrogen and oxygen atoms in total. The molecule has 2 unspecified atom stereocenters. The molecule has 0 aromatic carbocycles. The zero-order valence-corrected chi connectivity index (χ0v) is 12.8. The van der Waals surface area contributed by atoms with Gasteiger partial charge >= 0.3 is 5.97 Å². The Kier molecular flexibility index (Phi) is 4.56. The van der Waals surface area contributed by atoms with Crippen LogP contribution in [-0.4, -0.2) is 22.1 Å². The van der Waals surface area contributed by atoms with Crippen molar-refractivity contribution in [3.63, 3.8) is 0 Å². The summed E-state index contributed by atoms with van der Waals surface area (Å²) in [5.74, 6) is -0.0658. The molecule has 0 aromatic rings. The fraction of sp³-hybridized carbons (Fsp3) is 0.929. The number of thioether (sulfide) groups is 1. The van der Waals surface area contributed by atoms with Crippen molar-refractivity contribution in [3.05, 3.63) is 0 Å².